The van der Waals surface area contributed by atoms with Gasteiger partial charge >= 0.3 is 6.18 Å². The molecule has 0 saturated carbocycles. The second kappa shape index (κ2) is 7.00. The molecule has 0 atom stereocenters. The normalized spacial score (nSPS) is 11.8. The zero-order valence-electron chi connectivity index (χ0n) is 12.9. The van der Waals surface area contributed by atoms with Crippen LogP contribution < -0.4 is 10.9 Å². The molecule has 3 aromatic rings. The molecular formula is C14H12F3N5OS2. The molecule has 25 heavy (non-hydrogen) atoms. The number of thioether (sulfide) groups is 1. The first-order valence-electron chi connectivity index (χ1n) is 7.07. The molecule has 3 aromatic heterocycles. The highest BCUT2D eigenvalue weighted by Gasteiger charge is 2.27. The second-order valence-electron chi connectivity index (χ2n) is 5.08. The standard InChI is InChI=1S/C14H12F3N5OS2/c1-8-3-2-4-10-19-9(5-11(23)22(8)10)6-24-13-21-20-12(25-13)18-7-14(15,16)17/h2-5H,6-7H2,1H3,(H,18,20). The molecule has 0 saturated heterocycles. The lowest BCUT2D eigenvalue weighted by Crippen LogP contribution is -2.21. The number of nitrogens with one attached hydrogen (secondary N) is 1. The lowest BCUT2D eigenvalue weighted by molar-refractivity contribution is -0.115. The Morgan fingerprint density at radius 2 is 2.12 bits per heavy atom. The van der Waals surface area contributed by atoms with Gasteiger partial charge in [0.2, 0.25) is 5.13 Å². The van der Waals surface area contributed by atoms with E-state index in [1.807, 2.05) is 19.1 Å². The number of rotatable bonds is 5. The van der Waals surface area contributed by atoms with Crippen molar-refractivity contribution in [1.82, 2.24) is 19.6 Å². The SMILES string of the molecule is Cc1cccc2nc(CSc3nnc(NCC(F)(F)F)s3)cc(=O)n12. The minimum atomic E-state index is -4.31. The summed E-state index contributed by atoms with van der Waals surface area (Å²) in [5.74, 6) is 0.369. The van der Waals surface area contributed by atoms with E-state index in [9.17, 15) is 18.0 Å². The zero-order valence-corrected chi connectivity index (χ0v) is 14.5. The molecule has 1 N–H and O–H groups in total. The predicted molar refractivity (Wildman–Crippen MR) is 90.2 cm³/mol. The first-order valence-corrected chi connectivity index (χ1v) is 8.87. The maximum absolute atomic E-state index is 12.2. The van der Waals surface area contributed by atoms with Gasteiger partial charge in [-0.2, -0.15) is 13.2 Å². The minimum Gasteiger partial charge on any atom is -0.351 e. The van der Waals surface area contributed by atoms with Gasteiger partial charge < -0.3 is 5.32 Å². The van der Waals surface area contributed by atoms with Crippen LogP contribution in [0.5, 0.6) is 0 Å². The first kappa shape index (κ1) is 17.7. The summed E-state index contributed by atoms with van der Waals surface area (Å²) in [6.07, 6.45) is -4.31. The Balaban J connectivity index is 1.69. The summed E-state index contributed by atoms with van der Waals surface area (Å²) in [5, 5.41) is 9.76. The summed E-state index contributed by atoms with van der Waals surface area (Å²) in [7, 11) is 0. The molecule has 132 valence electrons. The fourth-order valence-corrected chi connectivity index (χ4v) is 3.73. The Morgan fingerprint density at radius 3 is 2.88 bits per heavy atom. The van der Waals surface area contributed by atoms with Gasteiger partial charge in [0.1, 0.15) is 12.2 Å². The molecule has 0 aromatic carbocycles. The number of fused-ring (bicyclic) bond motifs is 1. The fraction of sp³-hybridized carbons (Fsp3) is 0.286. The van der Waals surface area contributed by atoms with Crippen LogP contribution in [0.3, 0.4) is 0 Å². The molecule has 0 aliphatic rings. The van der Waals surface area contributed by atoms with Gasteiger partial charge in [0, 0.05) is 17.5 Å². The molecule has 0 radical (unpaired) electrons. The molecule has 0 unspecified atom stereocenters. The minimum absolute atomic E-state index is 0.0991. The van der Waals surface area contributed by atoms with Crippen LogP contribution in [0.25, 0.3) is 5.65 Å². The molecule has 0 amide bonds. The Hall–Kier alpha value is -2.14. The number of nitrogens with zero attached hydrogens (tertiary/aromatic N) is 4. The van der Waals surface area contributed by atoms with Crippen LogP contribution in [0.1, 0.15) is 11.4 Å². The molecule has 0 fully saturated rings. The molecule has 0 aliphatic carbocycles. The topological polar surface area (TPSA) is 72.2 Å². The molecular weight excluding hydrogens is 375 g/mol. The third kappa shape index (κ3) is 4.48. The smallest absolute Gasteiger partial charge is 0.351 e. The van der Waals surface area contributed by atoms with Crippen molar-refractivity contribution in [2.45, 2.75) is 23.2 Å². The van der Waals surface area contributed by atoms with Crippen molar-refractivity contribution in [3.8, 4) is 0 Å². The van der Waals surface area contributed by atoms with Crippen LogP contribution in [0.2, 0.25) is 0 Å². The van der Waals surface area contributed by atoms with E-state index in [0.29, 0.717) is 21.4 Å². The number of halogens is 3. The monoisotopic (exact) mass is 387 g/mol. The number of aromatic nitrogens is 4. The van der Waals surface area contributed by atoms with Crippen molar-refractivity contribution in [1.29, 1.82) is 0 Å². The van der Waals surface area contributed by atoms with Crippen molar-refractivity contribution in [3.63, 3.8) is 0 Å². The first-order chi connectivity index (χ1) is 11.8. The van der Waals surface area contributed by atoms with Gasteiger partial charge in [0.15, 0.2) is 4.34 Å². The maximum atomic E-state index is 12.2. The summed E-state index contributed by atoms with van der Waals surface area (Å²) in [4.78, 5) is 16.6. The van der Waals surface area contributed by atoms with E-state index < -0.39 is 12.7 Å². The highest BCUT2D eigenvalue weighted by atomic mass is 32.2. The van der Waals surface area contributed by atoms with Crippen LogP contribution in [-0.2, 0) is 5.75 Å². The molecule has 11 heteroatoms. The Labute approximate surface area is 148 Å². The van der Waals surface area contributed by atoms with Crippen molar-refractivity contribution in [2.75, 3.05) is 11.9 Å². The molecule has 3 heterocycles. The summed E-state index contributed by atoms with van der Waals surface area (Å²) in [6, 6.07) is 6.82. The Bertz CT molecular complexity index is 954. The van der Waals surface area contributed by atoms with Gasteiger partial charge in [-0.1, -0.05) is 29.2 Å². The highest BCUT2D eigenvalue weighted by molar-refractivity contribution is 8.00. The van der Waals surface area contributed by atoms with E-state index in [1.54, 1.807) is 6.07 Å². The quantitative estimate of drug-likeness (QED) is 0.679. The summed E-state index contributed by atoms with van der Waals surface area (Å²) < 4.78 is 38.5. The number of pyridine rings is 1. The molecule has 0 aliphatic heterocycles. The van der Waals surface area contributed by atoms with E-state index in [-0.39, 0.29) is 10.7 Å². The van der Waals surface area contributed by atoms with Crippen LogP contribution in [0.15, 0.2) is 33.4 Å². The van der Waals surface area contributed by atoms with Crippen molar-refractivity contribution in [2.24, 2.45) is 0 Å². The third-order valence-corrected chi connectivity index (χ3v) is 5.17. The van der Waals surface area contributed by atoms with Crippen LogP contribution >= 0.6 is 23.1 Å². The average molecular weight is 387 g/mol. The van der Waals surface area contributed by atoms with Gasteiger partial charge in [0.25, 0.3) is 5.56 Å². The van der Waals surface area contributed by atoms with Gasteiger partial charge in [-0.3, -0.25) is 9.20 Å². The Kier molecular flexibility index (Phi) is 4.95. The highest BCUT2D eigenvalue weighted by Crippen LogP contribution is 2.28. The third-order valence-electron chi connectivity index (χ3n) is 3.12. The largest absolute Gasteiger partial charge is 0.405 e. The summed E-state index contributed by atoms with van der Waals surface area (Å²) in [5.41, 5.74) is 1.73. The number of hydrogen-bond donors (Lipinski definition) is 1. The predicted octanol–water partition coefficient (Wildman–Crippen LogP) is 3.12. The van der Waals surface area contributed by atoms with Gasteiger partial charge in [-0.05, 0) is 19.1 Å². The van der Waals surface area contributed by atoms with Gasteiger partial charge in [-0.25, -0.2) is 4.98 Å². The number of aryl methyl sites for hydroxylation is 1. The van der Waals surface area contributed by atoms with E-state index in [2.05, 4.69) is 20.5 Å². The van der Waals surface area contributed by atoms with Crippen molar-refractivity contribution >= 4 is 33.9 Å². The number of hydrogen-bond acceptors (Lipinski definition) is 7. The summed E-state index contributed by atoms with van der Waals surface area (Å²) >= 11 is 2.28. The molecule has 0 spiro atoms. The average Bonchev–Trinajstić information content (AvgIpc) is 2.98. The summed E-state index contributed by atoms with van der Waals surface area (Å²) in [6.45, 7) is 0.663. The maximum Gasteiger partial charge on any atom is 0.405 e. The van der Waals surface area contributed by atoms with E-state index in [0.717, 1.165) is 17.0 Å². The van der Waals surface area contributed by atoms with E-state index in [4.69, 9.17) is 0 Å². The van der Waals surface area contributed by atoms with E-state index >= 15 is 0 Å². The van der Waals surface area contributed by atoms with Gasteiger partial charge in [0.05, 0.1) is 5.69 Å². The van der Waals surface area contributed by atoms with Gasteiger partial charge in [-0.15, -0.1) is 10.2 Å². The van der Waals surface area contributed by atoms with E-state index in [1.165, 1.54) is 22.2 Å². The Morgan fingerprint density at radius 1 is 1.32 bits per heavy atom. The van der Waals surface area contributed by atoms with Crippen LogP contribution in [-0.4, -0.2) is 32.3 Å². The van der Waals surface area contributed by atoms with Crippen molar-refractivity contribution in [3.05, 3.63) is 46.0 Å². The number of anilines is 1. The fourth-order valence-electron chi connectivity index (χ4n) is 2.09. The number of alkyl halides is 3. The molecule has 3 rings (SSSR count). The van der Waals surface area contributed by atoms with Crippen LogP contribution in [0.4, 0.5) is 18.3 Å². The lowest BCUT2D eigenvalue weighted by Gasteiger charge is -2.05. The van der Waals surface area contributed by atoms with Crippen LogP contribution in [0, 0.1) is 6.92 Å². The molecule has 6 nitrogen and oxygen atoms in total. The lowest BCUT2D eigenvalue weighted by atomic mass is 10.3. The van der Waals surface area contributed by atoms with Crippen molar-refractivity contribution < 1.29 is 13.2 Å². The zero-order chi connectivity index (χ0) is 18.0. The second-order valence-corrected chi connectivity index (χ2v) is 7.28. The molecule has 0 bridgehead atoms.